The average Bonchev–Trinajstić information content (AvgIpc) is 3.54. The van der Waals surface area contributed by atoms with Crippen LogP contribution in [0.3, 0.4) is 0 Å². The number of ether oxygens (including phenoxy) is 1. The fourth-order valence-electron chi connectivity index (χ4n) is 2.37. The van der Waals surface area contributed by atoms with Gasteiger partial charge in [0.15, 0.2) is 6.61 Å². The molecule has 0 heterocycles. The highest BCUT2D eigenvalue weighted by atomic mass is 35.5. The zero-order valence-corrected chi connectivity index (χ0v) is 18.2. The molecule has 31 heavy (non-hydrogen) atoms. The first-order valence-electron chi connectivity index (χ1n) is 9.13. The SMILES string of the molecule is O=C(COc1ccc(Cl)cc1/C=N\NC(=O)C(=O)NC1CC1)Nc1cccc(Cl)c1Cl. The van der Waals surface area contributed by atoms with E-state index < -0.39 is 17.7 Å². The lowest BCUT2D eigenvalue weighted by Crippen LogP contribution is -2.38. The van der Waals surface area contributed by atoms with Gasteiger partial charge in [-0.05, 0) is 43.2 Å². The third-order valence-corrected chi connectivity index (χ3v) is 5.10. The Hall–Kier alpha value is -2.81. The number of carbonyl (C=O) groups excluding carboxylic acids is 3. The van der Waals surface area contributed by atoms with Gasteiger partial charge >= 0.3 is 11.8 Å². The summed E-state index contributed by atoms with van der Waals surface area (Å²) < 4.78 is 5.53. The van der Waals surface area contributed by atoms with Gasteiger partial charge in [0.25, 0.3) is 5.91 Å². The molecule has 0 atom stereocenters. The average molecular weight is 484 g/mol. The number of hydrogen-bond donors (Lipinski definition) is 3. The van der Waals surface area contributed by atoms with Crippen LogP contribution in [-0.2, 0) is 14.4 Å². The van der Waals surface area contributed by atoms with Crippen molar-refractivity contribution in [3.8, 4) is 5.75 Å². The number of hydrogen-bond acceptors (Lipinski definition) is 5. The van der Waals surface area contributed by atoms with Gasteiger partial charge in [0.05, 0.1) is 21.9 Å². The largest absolute Gasteiger partial charge is 0.483 e. The normalized spacial score (nSPS) is 13.0. The molecule has 0 aromatic heterocycles. The third kappa shape index (κ3) is 6.85. The van der Waals surface area contributed by atoms with Gasteiger partial charge in [-0.2, -0.15) is 5.10 Å². The standard InChI is InChI=1S/C20H17Cl3N4O4/c21-12-4-7-16(31-10-17(28)26-15-3-1-2-14(22)18(15)23)11(8-12)9-24-27-20(30)19(29)25-13-5-6-13/h1-4,7-9,13H,5-6,10H2,(H,25,29)(H,26,28)(H,27,30)/b24-9-. The molecule has 1 saturated carbocycles. The van der Waals surface area contributed by atoms with E-state index in [1.165, 1.54) is 12.3 Å². The number of halogens is 3. The molecule has 1 aliphatic carbocycles. The number of carbonyl (C=O) groups is 3. The molecule has 162 valence electrons. The summed E-state index contributed by atoms with van der Waals surface area (Å²) in [5.41, 5.74) is 2.88. The number of hydrazone groups is 1. The monoisotopic (exact) mass is 482 g/mol. The Morgan fingerprint density at radius 2 is 1.87 bits per heavy atom. The van der Waals surface area contributed by atoms with Crippen LogP contribution in [0.4, 0.5) is 5.69 Å². The maximum atomic E-state index is 12.2. The number of amides is 3. The number of nitrogens with zero attached hydrogens (tertiary/aromatic N) is 1. The van der Waals surface area contributed by atoms with Crippen LogP contribution in [0.2, 0.25) is 15.1 Å². The topological polar surface area (TPSA) is 109 Å². The fraction of sp³-hybridized carbons (Fsp3) is 0.200. The molecule has 1 aliphatic rings. The van der Waals surface area contributed by atoms with Crippen molar-refractivity contribution in [3.63, 3.8) is 0 Å². The summed E-state index contributed by atoms with van der Waals surface area (Å²) in [6, 6.07) is 9.56. The maximum Gasteiger partial charge on any atom is 0.329 e. The third-order valence-electron chi connectivity index (χ3n) is 4.04. The molecule has 2 aromatic rings. The summed E-state index contributed by atoms with van der Waals surface area (Å²) in [6.07, 6.45) is 2.99. The lowest BCUT2D eigenvalue weighted by atomic mass is 10.2. The van der Waals surface area contributed by atoms with E-state index in [2.05, 4.69) is 21.2 Å². The molecule has 2 aromatic carbocycles. The second-order valence-electron chi connectivity index (χ2n) is 6.57. The molecule has 1 fully saturated rings. The van der Waals surface area contributed by atoms with Gasteiger partial charge < -0.3 is 15.4 Å². The van der Waals surface area contributed by atoms with Crippen LogP contribution in [0.1, 0.15) is 18.4 Å². The van der Waals surface area contributed by atoms with Gasteiger partial charge in [-0.15, -0.1) is 0 Å². The smallest absolute Gasteiger partial charge is 0.329 e. The number of nitrogens with one attached hydrogen (secondary N) is 3. The van der Waals surface area contributed by atoms with Gasteiger partial charge in [-0.3, -0.25) is 14.4 Å². The van der Waals surface area contributed by atoms with E-state index in [1.807, 2.05) is 0 Å². The number of benzene rings is 2. The highest BCUT2D eigenvalue weighted by Gasteiger charge is 2.26. The second kappa shape index (κ2) is 10.5. The van der Waals surface area contributed by atoms with Crippen LogP contribution in [0, 0.1) is 0 Å². The van der Waals surface area contributed by atoms with Gasteiger partial charge in [0.1, 0.15) is 5.75 Å². The van der Waals surface area contributed by atoms with E-state index >= 15 is 0 Å². The van der Waals surface area contributed by atoms with Crippen molar-refractivity contribution < 1.29 is 19.1 Å². The fourth-order valence-corrected chi connectivity index (χ4v) is 2.90. The lowest BCUT2D eigenvalue weighted by Gasteiger charge is -2.11. The van der Waals surface area contributed by atoms with Crippen LogP contribution in [0.5, 0.6) is 5.75 Å². The number of rotatable bonds is 7. The summed E-state index contributed by atoms with van der Waals surface area (Å²) in [5, 5.41) is 9.82. The van der Waals surface area contributed by atoms with Crippen molar-refractivity contribution in [1.29, 1.82) is 0 Å². The molecule has 3 N–H and O–H groups in total. The highest BCUT2D eigenvalue weighted by molar-refractivity contribution is 6.44. The van der Waals surface area contributed by atoms with E-state index in [4.69, 9.17) is 39.5 Å². The summed E-state index contributed by atoms with van der Waals surface area (Å²) in [6.45, 7) is -0.332. The maximum absolute atomic E-state index is 12.2. The van der Waals surface area contributed by atoms with Crippen molar-refractivity contribution in [2.45, 2.75) is 18.9 Å². The molecule has 0 unspecified atom stereocenters. The van der Waals surface area contributed by atoms with Crippen molar-refractivity contribution in [2.75, 3.05) is 11.9 Å². The predicted molar refractivity (Wildman–Crippen MR) is 119 cm³/mol. The van der Waals surface area contributed by atoms with Gasteiger partial charge in [-0.25, -0.2) is 5.43 Å². The van der Waals surface area contributed by atoms with Crippen molar-refractivity contribution in [1.82, 2.24) is 10.7 Å². The van der Waals surface area contributed by atoms with Gasteiger partial charge in [0, 0.05) is 16.6 Å². The Bertz CT molecular complexity index is 1040. The first-order valence-corrected chi connectivity index (χ1v) is 10.3. The van der Waals surface area contributed by atoms with E-state index in [0.717, 1.165) is 12.8 Å². The van der Waals surface area contributed by atoms with Gasteiger partial charge in [0.2, 0.25) is 0 Å². The van der Waals surface area contributed by atoms with E-state index in [0.29, 0.717) is 21.3 Å². The predicted octanol–water partition coefficient (Wildman–Crippen LogP) is 3.39. The quantitative estimate of drug-likeness (QED) is 0.319. The summed E-state index contributed by atoms with van der Waals surface area (Å²) in [4.78, 5) is 35.5. The summed E-state index contributed by atoms with van der Waals surface area (Å²) >= 11 is 18.0. The zero-order valence-electron chi connectivity index (χ0n) is 16.0. The molecule has 0 aliphatic heterocycles. The molecule has 0 radical (unpaired) electrons. The highest BCUT2D eigenvalue weighted by Crippen LogP contribution is 2.29. The van der Waals surface area contributed by atoms with E-state index in [1.54, 1.807) is 30.3 Å². The van der Waals surface area contributed by atoms with Crippen LogP contribution in [-0.4, -0.2) is 36.6 Å². The molecular formula is C20H17Cl3N4O4. The molecule has 8 nitrogen and oxygen atoms in total. The van der Waals surface area contributed by atoms with E-state index in [-0.39, 0.29) is 23.4 Å². The van der Waals surface area contributed by atoms with Crippen LogP contribution in [0.25, 0.3) is 0 Å². The van der Waals surface area contributed by atoms with Crippen molar-refractivity contribution in [2.24, 2.45) is 5.10 Å². The summed E-state index contributed by atoms with van der Waals surface area (Å²) in [5.74, 6) is -1.81. The van der Waals surface area contributed by atoms with Gasteiger partial charge in [-0.1, -0.05) is 40.9 Å². The van der Waals surface area contributed by atoms with Crippen molar-refractivity contribution >= 4 is 64.4 Å². The molecule has 3 rings (SSSR count). The first-order chi connectivity index (χ1) is 14.8. The van der Waals surface area contributed by atoms with Crippen molar-refractivity contribution in [3.05, 3.63) is 57.0 Å². The molecule has 0 bridgehead atoms. The molecular weight excluding hydrogens is 467 g/mol. The molecule has 3 amide bonds. The number of anilines is 1. The Labute approximate surface area is 192 Å². The minimum absolute atomic E-state index is 0.0584. The Kier molecular flexibility index (Phi) is 7.73. The minimum atomic E-state index is -0.884. The minimum Gasteiger partial charge on any atom is -0.483 e. The van der Waals surface area contributed by atoms with Crippen LogP contribution in [0.15, 0.2) is 41.5 Å². The first kappa shape index (κ1) is 22.9. The zero-order chi connectivity index (χ0) is 22.4. The van der Waals surface area contributed by atoms with E-state index in [9.17, 15) is 14.4 Å². The molecule has 0 saturated heterocycles. The second-order valence-corrected chi connectivity index (χ2v) is 7.79. The lowest BCUT2D eigenvalue weighted by molar-refractivity contribution is -0.139. The van der Waals surface area contributed by atoms with Crippen LogP contribution < -0.4 is 20.8 Å². The van der Waals surface area contributed by atoms with Crippen LogP contribution >= 0.6 is 34.8 Å². The Morgan fingerprint density at radius 1 is 1.10 bits per heavy atom. The Morgan fingerprint density at radius 3 is 2.61 bits per heavy atom. The molecule has 0 spiro atoms. The summed E-state index contributed by atoms with van der Waals surface area (Å²) in [7, 11) is 0. The molecule has 11 heteroatoms. The Balaban J connectivity index is 1.58.